The number of para-hydroxylation sites is 1. The van der Waals surface area contributed by atoms with Crippen LogP contribution in [0.25, 0.3) is 5.69 Å². The van der Waals surface area contributed by atoms with E-state index in [1.165, 1.54) is 24.4 Å². The Hall–Kier alpha value is -3.19. The van der Waals surface area contributed by atoms with Gasteiger partial charge in [-0.25, -0.2) is 4.68 Å². The number of nitrogens with zero attached hydrogens (tertiary/aromatic N) is 3. The Labute approximate surface area is 148 Å². The monoisotopic (exact) mass is 356 g/mol. The van der Waals surface area contributed by atoms with E-state index in [0.717, 1.165) is 5.69 Å². The highest BCUT2D eigenvalue weighted by atomic mass is 35.5. The quantitative estimate of drug-likeness (QED) is 0.565. The molecule has 1 N–H and O–H groups in total. The Morgan fingerprint density at radius 1 is 1.24 bits per heavy atom. The van der Waals surface area contributed by atoms with E-state index < -0.39 is 10.8 Å². The van der Waals surface area contributed by atoms with Gasteiger partial charge in [0.25, 0.3) is 11.6 Å². The van der Waals surface area contributed by atoms with Crippen molar-refractivity contribution in [1.29, 1.82) is 0 Å². The van der Waals surface area contributed by atoms with Crippen molar-refractivity contribution < 1.29 is 9.72 Å². The molecule has 0 saturated heterocycles. The number of nitrogens with one attached hydrogen (secondary N) is 1. The molecule has 0 spiro atoms. The summed E-state index contributed by atoms with van der Waals surface area (Å²) in [5.74, 6) is -0.481. The lowest BCUT2D eigenvalue weighted by Gasteiger charge is -2.07. The van der Waals surface area contributed by atoms with E-state index in [1.807, 2.05) is 30.3 Å². The lowest BCUT2D eigenvalue weighted by molar-refractivity contribution is -0.383. The van der Waals surface area contributed by atoms with Crippen LogP contribution < -0.4 is 5.32 Å². The van der Waals surface area contributed by atoms with Gasteiger partial charge in [-0.05, 0) is 31.2 Å². The fraction of sp³-hybridized carbons (Fsp3) is 0.0588. The highest BCUT2D eigenvalue weighted by Crippen LogP contribution is 2.28. The second-order valence-electron chi connectivity index (χ2n) is 5.26. The number of carbonyl (C=O) groups excluding carboxylic acids is 1. The molecule has 0 aliphatic heterocycles. The van der Waals surface area contributed by atoms with E-state index in [-0.39, 0.29) is 16.4 Å². The minimum absolute atomic E-state index is 0.0752. The fourth-order valence-corrected chi connectivity index (χ4v) is 2.58. The number of hydrogen-bond acceptors (Lipinski definition) is 4. The van der Waals surface area contributed by atoms with Gasteiger partial charge in [0.15, 0.2) is 0 Å². The summed E-state index contributed by atoms with van der Waals surface area (Å²) in [6.07, 6.45) is 1.43. The van der Waals surface area contributed by atoms with Crippen LogP contribution >= 0.6 is 11.6 Å². The molecule has 3 aromatic rings. The summed E-state index contributed by atoms with van der Waals surface area (Å²) >= 11 is 5.78. The van der Waals surface area contributed by atoms with Crippen molar-refractivity contribution in [3.63, 3.8) is 0 Å². The second kappa shape index (κ2) is 6.74. The van der Waals surface area contributed by atoms with Crippen LogP contribution in [-0.4, -0.2) is 20.6 Å². The molecule has 0 atom stereocenters. The van der Waals surface area contributed by atoms with Crippen molar-refractivity contribution in [2.45, 2.75) is 6.92 Å². The topological polar surface area (TPSA) is 90.1 Å². The predicted octanol–water partition coefficient (Wildman–Crippen LogP) is 3.99. The summed E-state index contributed by atoms with van der Waals surface area (Å²) < 4.78 is 1.63. The number of nitro benzene ring substituents is 1. The molecule has 1 heterocycles. The molecule has 0 aliphatic carbocycles. The van der Waals surface area contributed by atoms with Gasteiger partial charge >= 0.3 is 0 Å². The fourth-order valence-electron chi connectivity index (χ4n) is 2.41. The molecule has 0 radical (unpaired) electrons. The number of halogens is 1. The zero-order chi connectivity index (χ0) is 18.0. The third-order valence-corrected chi connectivity index (χ3v) is 3.89. The number of anilines is 1. The van der Waals surface area contributed by atoms with Crippen LogP contribution in [0.3, 0.4) is 0 Å². The predicted molar refractivity (Wildman–Crippen MR) is 94.4 cm³/mol. The van der Waals surface area contributed by atoms with Gasteiger partial charge in [0.05, 0.1) is 28.1 Å². The maximum Gasteiger partial charge on any atom is 0.294 e. The Morgan fingerprint density at radius 2 is 1.96 bits per heavy atom. The number of rotatable bonds is 4. The largest absolute Gasteiger partial charge is 0.316 e. The van der Waals surface area contributed by atoms with Gasteiger partial charge in [0.2, 0.25) is 0 Å². The third-order valence-electron chi connectivity index (χ3n) is 3.66. The Bertz CT molecular complexity index is 954. The van der Waals surface area contributed by atoms with E-state index in [2.05, 4.69) is 10.4 Å². The number of hydrogen-bond donors (Lipinski definition) is 1. The molecule has 7 nitrogen and oxygen atoms in total. The molecule has 1 amide bonds. The number of benzene rings is 2. The Morgan fingerprint density at radius 3 is 2.64 bits per heavy atom. The van der Waals surface area contributed by atoms with Gasteiger partial charge in [-0.2, -0.15) is 5.10 Å². The SMILES string of the molecule is Cc1c(C(=O)Nc2ccc(Cl)cc2[N+](=O)[O-])cnn1-c1ccccc1. The van der Waals surface area contributed by atoms with Gasteiger partial charge in [-0.3, -0.25) is 14.9 Å². The van der Waals surface area contributed by atoms with Crippen LogP contribution in [0.5, 0.6) is 0 Å². The molecule has 25 heavy (non-hydrogen) atoms. The molecule has 0 saturated carbocycles. The lowest BCUT2D eigenvalue weighted by Crippen LogP contribution is -2.14. The van der Waals surface area contributed by atoms with Crippen LogP contribution in [0.4, 0.5) is 11.4 Å². The summed E-state index contributed by atoms with van der Waals surface area (Å²) in [5.41, 5.74) is 1.57. The zero-order valence-electron chi connectivity index (χ0n) is 13.1. The van der Waals surface area contributed by atoms with Crippen LogP contribution in [0, 0.1) is 17.0 Å². The van der Waals surface area contributed by atoms with Crippen molar-refractivity contribution in [1.82, 2.24) is 9.78 Å². The molecule has 1 aromatic heterocycles. The highest BCUT2D eigenvalue weighted by molar-refractivity contribution is 6.31. The van der Waals surface area contributed by atoms with E-state index in [4.69, 9.17) is 11.6 Å². The van der Waals surface area contributed by atoms with Crippen molar-refractivity contribution in [3.8, 4) is 5.69 Å². The molecule has 8 heteroatoms. The highest BCUT2D eigenvalue weighted by Gasteiger charge is 2.20. The molecular formula is C17H13ClN4O3. The van der Waals surface area contributed by atoms with Crippen molar-refractivity contribution in [2.75, 3.05) is 5.32 Å². The zero-order valence-corrected chi connectivity index (χ0v) is 13.9. The molecule has 3 rings (SSSR count). The normalized spacial score (nSPS) is 10.5. The average Bonchev–Trinajstić information content (AvgIpc) is 2.98. The second-order valence-corrected chi connectivity index (χ2v) is 5.70. The number of carbonyl (C=O) groups is 1. The minimum Gasteiger partial charge on any atom is -0.316 e. The number of nitro groups is 1. The first-order chi connectivity index (χ1) is 12.0. The third kappa shape index (κ3) is 3.36. The van der Waals surface area contributed by atoms with E-state index in [0.29, 0.717) is 11.3 Å². The average molecular weight is 357 g/mol. The molecule has 126 valence electrons. The van der Waals surface area contributed by atoms with Gasteiger partial charge in [-0.1, -0.05) is 29.8 Å². The first-order valence-electron chi connectivity index (χ1n) is 7.32. The molecular weight excluding hydrogens is 344 g/mol. The summed E-state index contributed by atoms with van der Waals surface area (Å²) in [6, 6.07) is 13.4. The van der Waals surface area contributed by atoms with Crippen LogP contribution in [0.2, 0.25) is 5.02 Å². The van der Waals surface area contributed by atoms with E-state index >= 15 is 0 Å². The lowest BCUT2D eigenvalue weighted by atomic mass is 10.2. The van der Waals surface area contributed by atoms with Crippen molar-refractivity contribution in [2.24, 2.45) is 0 Å². The standard InChI is InChI=1S/C17H13ClN4O3/c1-11-14(10-19-21(11)13-5-3-2-4-6-13)17(23)20-15-8-7-12(18)9-16(15)22(24)25/h2-10H,1H3,(H,20,23). The van der Waals surface area contributed by atoms with Gasteiger partial charge in [0.1, 0.15) is 5.69 Å². The van der Waals surface area contributed by atoms with Crippen molar-refractivity contribution in [3.05, 3.63) is 81.1 Å². The van der Waals surface area contributed by atoms with Crippen molar-refractivity contribution >= 4 is 28.9 Å². The summed E-state index contributed by atoms with van der Waals surface area (Å²) in [5, 5.41) is 18.1. The summed E-state index contributed by atoms with van der Waals surface area (Å²) in [7, 11) is 0. The molecule has 0 unspecified atom stereocenters. The number of aromatic nitrogens is 2. The maximum absolute atomic E-state index is 12.5. The summed E-state index contributed by atoms with van der Waals surface area (Å²) in [4.78, 5) is 23.1. The van der Waals surface area contributed by atoms with Crippen LogP contribution in [0.15, 0.2) is 54.7 Å². The van der Waals surface area contributed by atoms with Gasteiger partial charge in [-0.15, -0.1) is 0 Å². The molecule has 2 aromatic carbocycles. The Balaban J connectivity index is 1.91. The first-order valence-corrected chi connectivity index (χ1v) is 7.70. The van der Waals surface area contributed by atoms with E-state index in [1.54, 1.807) is 11.6 Å². The van der Waals surface area contributed by atoms with Crippen LogP contribution in [-0.2, 0) is 0 Å². The van der Waals surface area contributed by atoms with E-state index in [9.17, 15) is 14.9 Å². The molecule has 0 fully saturated rings. The van der Waals surface area contributed by atoms with Gasteiger partial charge < -0.3 is 5.32 Å². The number of amides is 1. The Kier molecular flexibility index (Phi) is 4.49. The molecule has 0 aliphatic rings. The van der Waals surface area contributed by atoms with Gasteiger partial charge in [0, 0.05) is 11.1 Å². The maximum atomic E-state index is 12.5. The summed E-state index contributed by atoms with van der Waals surface area (Å²) in [6.45, 7) is 1.76. The minimum atomic E-state index is -0.595. The first kappa shape index (κ1) is 16.7. The molecule has 0 bridgehead atoms. The smallest absolute Gasteiger partial charge is 0.294 e. The van der Waals surface area contributed by atoms with Crippen LogP contribution in [0.1, 0.15) is 16.1 Å².